The third-order valence-electron chi connectivity index (χ3n) is 3.01. The highest BCUT2D eigenvalue weighted by atomic mass is 32.2. The Bertz CT molecular complexity index is 896. The highest BCUT2D eigenvalue weighted by molar-refractivity contribution is 7.92. The molecule has 0 bridgehead atoms. The van der Waals surface area contributed by atoms with Crippen LogP contribution in [0.5, 0.6) is 5.75 Å². The summed E-state index contributed by atoms with van der Waals surface area (Å²) in [6.45, 7) is 1.46. The van der Waals surface area contributed by atoms with Gasteiger partial charge >= 0.3 is 6.36 Å². The maximum atomic E-state index is 12.4. The van der Waals surface area contributed by atoms with E-state index in [2.05, 4.69) is 9.46 Å². The van der Waals surface area contributed by atoms with Crippen LogP contribution in [0, 0.1) is 17.0 Å². The minimum Gasteiger partial charge on any atom is -0.406 e. The normalized spacial score (nSPS) is 11.8. The van der Waals surface area contributed by atoms with Gasteiger partial charge in [-0.05, 0) is 36.8 Å². The molecule has 0 radical (unpaired) electrons. The first-order valence-electron chi connectivity index (χ1n) is 6.61. The predicted molar refractivity (Wildman–Crippen MR) is 81.8 cm³/mol. The van der Waals surface area contributed by atoms with E-state index in [1.807, 2.05) is 0 Å². The van der Waals surface area contributed by atoms with Gasteiger partial charge in [-0.25, -0.2) is 8.42 Å². The number of hydrogen-bond donors (Lipinski definition) is 1. The molecule has 0 aliphatic carbocycles. The van der Waals surface area contributed by atoms with Gasteiger partial charge in [0.05, 0.1) is 9.82 Å². The van der Waals surface area contributed by atoms with Crippen LogP contribution in [0.3, 0.4) is 0 Å². The molecule has 0 aliphatic heterocycles. The number of halogens is 3. The van der Waals surface area contributed by atoms with Crippen LogP contribution in [0.1, 0.15) is 5.56 Å². The molecule has 1 N–H and O–H groups in total. The molecule has 25 heavy (non-hydrogen) atoms. The Labute approximate surface area is 140 Å². The van der Waals surface area contributed by atoms with Crippen molar-refractivity contribution >= 4 is 21.4 Å². The largest absolute Gasteiger partial charge is 0.573 e. The van der Waals surface area contributed by atoms with Crippen LogP contribution in [-0.2, 0) is 10.0 Å². The number of nitro benzene ring substituents is 1. The van der Waals surface area contributed by atoms with Crippen molar-refractivity contribution < 1.29 is 31.2 Å². The molecule has 0 aliphatic rings. The zero-order valence-corrected chi connectivity index (χ0v) is 13.4. The van der Waals surface area contributed by atoms with E-state index >= 15 is 0 Å². The molecular formula is C14H11F3N2O5S. The number of non-ortho nitro benzene ring substituents is 1. The highest BCUT2D eigenvalue weighted by Gasteiger charge is 2.31. The molecule has 0 amide bonds. The Morgan fingerprint density at radius 3 is 2.24 bits per heavy atom. The van der Waals surface area contributed by atoms with Gasteiger partial charge in [0, 0.05) is 17.8 Å². The summed E-state index contributed by atoms with van der Waals surface area (Å²) in [4.78, 5) is 9.74. The number of anilines is 1. The second-order valence-electron chi connectivity index (χ2n) is 4.88. The van der Waals surface area contributed by atoms with Crippen molar-refractivity contribution in [3.05, 3.63) is 58.1 Å². The Morgan fingerprint density at radius 1 is 1.12 bits per heavy atom. The molecule has 134 valence electrons. The fourth-order valence-electron chi connectivity index (χ4n) is 1.93. The summed E-state index contributed by atoms with van der Waals surface area (Å²) in [7, 11) is -4.17. The fraction of sp³-hybridized carbons (Fsp3) is 0.143. The number of alkyl halides is 3. The number of sulfonamides is 1. The molecular weight excluding hydrogens is 365 g/mol. The Morgan fingerprint density at radius 2 is 1.72 bits per heavy atom. The quantitative estimate of drug-likeness (QED) is 0.635. The number of ether oxygens (including phenoxy) is 1. The first-order chi connectivity index (χ1) is 11.5. The molecule has 11 heteroatoms. The third kappa shape index (κ3) is 4.83. The summed E-state index contributed by atoms with van der Waals surface area (Å²) in [6.07, 6.45) is -4.86. The number of nitro groups is 1. The summed E-state index contributed by atoms with van der Waals surface area (Å²) in [5.41, 5.74) is -0.157. The zero-order valence-electron chi connectivity index (χ0n) is 12.6. The molecule has 0 heterocycles. The van der Waals surface area contributed by atoms with E-state index in [1.165, 1.54) is 13.0 Å². The van der Waals surface area contributed by atoms with Crippen LogP contribution in [0.15, 0.2) is 47.4 Å². The van der Waals surface area contributed by atoms with Crippen molar-refractivity contribution in [3.63, 3.8) is 0 Å². The molecule has 2 aromatic carbocycles. The lowest BCUT2D eigenvalue weighted by Crippen LogP contribution is -2.17. The van der Waals surface area contributed by atoms with Crippen LogP contribution >= 0.6 is 0 Å². The van der Waals surface area contributed by atoms with E-state index in [9.17, 15) is 31.7 Å². The molecule has 0 unspecified atom stereocenters. The van der Waals surface area contributed by atoms with E-state index < -0.39 is 32.7 Å². The van der Waals surface area contributed by atoms with Crippen molar-refractivity contribution in [1.29, 1.82) is 0 Å². The summed E-state index contributed by atoms with van der Waals surface area (Å²) in [6, 6.07) is 7.37. The van der Waals surface area contributed by atoms with Gasteiger partial charge < -0.3 is 4.74 Å². The van der Waals surface area contributed by atoms with E-state index in [4.69, 9.17) is 0 Å². The molecule has 0 spiro atoms. The lowest BCUT2D eigenvalue weighted by Gasteiger charge is -2.12. The maximum absolute atomic E-state index is 12.4. The first kappa shape index (κ1) is 18.5. The van der Waals surface area contributed by atoms with E-state index in [0.29, 0.717) is 0 Å². The Kier molecular flexibility index (Phi) is 4.88. The summed E-state index contributed by atoms with van der Waals surface area (Å²) < 4.78 is 66.8. The van der Waals surface area contributed by atoms with Crippen LogP contribution < -0.4 is 9.46 Å². The predicted octanol–water partition coefficient (Wildman–Crippen LogP) is 3.60. The molecule has 7 nitrogen and oxygen atoms in total. The van der Waals surface area contributed by atoms with Gasteiger partial charge in [-0.1, -0.05) is 6.07 Å². The molecule has 0 saturated carbocycles. The Hall–Kier alpha value is -2.82. The molecule has 0 aromatic heterocycles. The molecule has 2 rings (SSSR count). The number of nitrogens with zero attached hydrogens (tertiary/aromatic N) is 1. The second kappa shape index (κ2) is 6.59. The van der Waals surface area contributed by atoms with Gasteiger partial charge in [0.25, 0.3) is 15.7 Å². The lowest BCUT2D eigenvalue weighted by molar-refractivity contribution is -0.385. The minimum absolute atomic E-state index is 0.0274. The van der Waals surface area contributed by atoms with Gasteiger partial charge in [0.15, 0.2) is 0 Å². The molecule has 2 aromatic rings. The van der Waals surface area contributed by atoms with Crippen molar-refractivity contribution in [1.82, 2.24) is 0 Å². The number of rotatable bonds is 5. The van der Waals surface area contributed by atoms with Gasteiger partial charge in [-0.2, -0.15) is 0 Å². The van der Waals surface area contributed by atoms with Crippen LogP contribution in [0.2, 0.25) is 0 Å². The van der Waals surface area contributed by atoms with Gasteiger partial charge in [0.2, 0.25) is 0 Å². The average molecular weight is 376 g/mol. The number of aryl methyl sites for hydroxylation is 1. The number of benzene rings is 2. The van der Waals surface area contributed by atoms with E-state index in [-0.39, 0.29) is 16.1 Å². The van der Waals surface area contributed by atoms with Crippen molar-refractivity contribution in [2.75, 3.05) is 4.72 Å². The summed E-state index contributed by atoms with van der Waals surface area (Å²) in [5.74, 6) is -0.512. The first-order valence-corrected chi connectivity index (χ1v) is 8.10. The molecule has 0 atom stereocenters. The summed E-state index contributed by atoms with van der Waals surface area (Å²) >= 11 is 0. The van der Waals surface area contributed by atoms with Crippen molar-refractivity contribution in [2.45, 2.75) is 18.2 Å². The Balaban J connectivity index is 2.27. The number of nitrogens with one attached hydrogen (secondary N) is 1. The second-order valence-corrected chi connectivity index (χ2v) is 6.54. The van der Waals surface area contributed by atoms with Gasteiger partial charge in [0.1, 0.15) is 5.75 Å². The zero-order chi connectivity index (χ0) is 18.8. The SMILES string of the molecule is Cc1ccc([N+](=O)[O-])cc1S(=O)(=O)Nc1ccc(OC(F)(F)F)cc1. The van der Waals surface area contributed by atoms with Gasteiger partial charge in [-0.15, -0.1) is 13.2 Å². The van der Waals surface area contributed by atoms with E-state index in [0.717, 1.165) is 36.4 Å². The van der Waals surface area contributed by atoms with Gasteiger partial charge in [-0.3, -0.25) is 14.8 Å². The fourth-order valence-corrected chi connectivity index (χ4v) is 3.25. The maximum Gasteiger partial charge on any atom is 0.573 e. The van der Waals surface area contributed by atoms with Crippen LogP contribution in [0.25, 0.3) is 0 Å². The number of hydrogen-bond acceptors (Lipinski definition) is 5. The van der Waals surface area contributed by atoms with E-state index in [1.54, 1.807) is 0 Å². The van der Waals surface area contributed by atoms with Crippen LogP contribution in [0.4, 0.5) is 24.5 Å². The van der Waals surface area contributed by atoms with Crippen LogP contribution in [-0.4, -0.2) is 19.7 Å². The standard InChI is InChI=1S/C14H11F3N2O5S/c1-9-2-5-11(19(20)21)8-13(9)25(22,23)18-10-3-6-12(7-4-10)24-14(15,16)17/h2-8,18H,1H3. The lowest BCUT2D eigenvalue weighted by atomic mass is 10.2. The molecule has 0 fully saturated rings. The average Bonchev–Trinajstić information content (AvgIpc) is 2.47. The topological polar surface area (TPSA) is 98.5 Å². The molecule has 0 saturated heterocycles. The highest BCUT2D eigenvalue weighted by Crippen LogP contribution is 2.27. The van der Waals surface area contributed by atoms with Crippen molar-refractivity contribution in [3.8, 4) is 5.75 Å². The summed E-state index contributed by atoms with van der Waals surface area (Å²) in [5, 5.41) is 10.8. The smallest absolute Gasteiger partial charge is 0.406 e. The van der Waals surface area contributed by atoms with Crippen molar-refractivity contribution in [2.24, 2.45) is 0 Å². The third-order valence-corrected chi connectivity index (χ3v) is 4.54. The minimum atomic E-state index is -4.86. The monoisotopic (exact) mass is 376 g/mol.